The molecule has 0 aliphatic heterocycles. The van der Waals surface area contributed by atoms with Crippen LogP contribution in [0.2, 0.25) is 0 Å². The largest absolute Gasteiger partial charge is 0.354 e. The average Bonchev–Trinajstić information content (AvgIpc) is 2.15. The molecule has 0 unspecified atom stereocenters. The molecule has 2 nitrogen and oxygen atoms in total. The third-order valence-electron chi connectivity index (χ3n) is 2.00. The van der Waals surface area contributed by atoms with Gasteiger partial charge in [-0.2, -0.15) is 0 Å². The van der Waals surface area contributed by atoms with Gasteiger partial charge in [0, 0.05) is 13.5 Å². The van der Waals surface area contributed by atoms with E-state index in [4.69, 9.17) is 0 Å². The first kappa shape index (κ1) is 13.2. The zero-order valence-corrected chi connectivity index (χ0v) is 9.38. The van der Waals surface area contributed by atoms with Crippen LogP contribution in [0.15, 0.2) is 12.2 Å². The second-order valence-electron chi connectivity index (χ2n) is 3.95. The van der Waals surface area contributed by atoms with Gasteiger partial charge in [-0.3, -0.25) is 4.79 Å². The molecule has 0 saturated carbocycles. The maximum absolute atomic E-state index is 10.8. The fourth-order valence-electron chi connectivity index (χ4n) is 1.12. The van der Waals surface area contributed by atoms with E-state index in [1.165, 1.54) is 0 Å². The van der Waals surface area contributed by atoms with Crippen molar-refractivity contribution in [2.75, 3.05) is 0 Å². The molecule has 1 N–H and O–H groups in total. The maximum atomic E-state index is 10.8. The first-order chi connectivity index (χ1) is 6.66. The summed E-state index contributed by atoms with van der Waals surface area (Å²) in [4.78, 5) is 10.8. The highest BCUT2D eigenvalue weighted by molar-refractivity contribution is 5.75. The first-order valence-electron chi connectivity index (χ1n) is 5.37. The van der Waals surface area contributed by atoms with Crippen molar-refractivity contribution >= 4 is 5.91 Å². The molecule has 0 aromatic carbocycles. The molecule has 0 aromatic rings. The van der Waals surface area contributed by atoms with Gasteiger partial charge >= 0.3 is 0 Å². The minimum Gasteiger partial charge on any atom is -0.354 e. The summed E-state index contributed by atoms with van der Waals surface area (Å²) in [6, 6.07) is 0. The summed E-state index contributed by atoms with van der Waals surface area (Å²) in [6.07, 6.45) is 9.31. The lowest BCUT2D eigenvalue weighted by molar-refractivity contribution is -0.120. The van der Waals surface area contributed by atoms with Crippen LogP contribution in [-0.4, -0.2) is 5.91 Å². The van der Waals surface area contributed by atoms with Crippen LogP contribution in [0, 0.1) is 13.0 Å². The summed E-state index contributed by atoms with van der Waals surface area (Å²) in [6.45, 7) is 4.42. The van der Waals surface area contributed by atoms with Gasteiger partial charge in [-0.25, -0.2) is 0 Å². The number of carbonyl (C=O) groups excluding carboxylic acids is 1. The van der Waals surface area contributed by atoms with Gasteiger partial charge in [-0.15, -0.1) is 0 Å². The van der Waals surface area contributed by atoms with Crippen molar-refractivity contribution < 1.29 is 4.79 Å². The van der Waals surface area contributed by atoms with Crippen molar-refractivity contribution in [2.45, 2.75) is 46.0 Å². The predicted molar refractivity (Wildman–Crippen MR) is 60.6 cm³/mol. The Kier molecular flexibility index (Phi) is 8.30. The Labute approximate surface area is 87.8 Å². The van der Waals surface area contributed by atoms with Crippen molar-refractivity contribution in [3.63, 3.8) is 0 Å². The van der Waals surface area contributed by atoms with E-state index in [1.807, 2.05) is 0 Å². The average molecular weight is 196 g/mol. The van der Waals surface area contributed by atoms with Crippen LogP contribution in [0.1, 0.15) is 46.0 Å². The van der Waals surface area contributed by atoms with E-state index in [9.17, 15) is 4.79 Å². The molecule has 0 spiro atoms. The van der Waals surface area contributed by atoms with E-state index in [-0.39, 0.29) is 5.91 Å². The minimum absolute atomic E-state index is 0.0381. The normalized spacial score (nSPS) is 11.1. The Morgan fingerprint density at radius 3 is 2.64 bits per heavy atom. The van der Waals surface area contributed by atoms with Gasteiger partial charge in [0.1, 0.15) is 0 Å². The molecule has 2 heteroatoms. The lowest BCUT2D eigenvalue weighted by atomic mass is 10.1. The van der Waals surface area contributed by atoms with E-state index >= 15 is 0 Å². The van der Waals surface area contributed by atoms with Crippen LogP contribution in [0.25, 0.3) is 0 Å². The van der Waals surface area contributed by atoms with Crippen LogP contribution < -0.4 is 5.32 Å². The molecular formula is C12H22NO. The van der Waals surface area contributed by atoms with Crippen molar-refractivity contribution in [3.05, 3.63) is 19.2 Å². The second-order valence-corrected chi connectivity index (χ2v) is 3.95. The summed E-state index contributed by atoms with van der Waals surface area (Å²) < 4.78 is 0. The number of carbonyl (C=O) groups is 1. The molecule has 1 radical (unpaired) electrons. The van der Waals surface area contributed by atoms with Crippen molar-refractivity contribution in [1.29, 1.82) is 0 Å². The van der Waals surface area contributed by atoms with Crippen molar-refractivity contribution in [2.24, 2.45) is 5.92 Å². The summed E-state index contributed by atoms with van der Waals surface area (Å²) in [7, 11) is 3.32. The van der Waals surface area contributed by atoms with E-state index in [1.54, 1.807) is 0 Å². The standard InChI is InChI=1S/C12H22NO/c1-11(2)9-7-5-4-6-8-10-12(14)13-3/h5,7,11H,3-4,6,8-10H2,1-2H3,(H,13,14). The Morgan fingerprint density at radius 2 is 2.07 bits per heavy atom. The number of rotatable bonds is 7. The lowest BCUT2D eigenvalue weighted by Gasteiger charge is -1.98. The molecule has 0 atom stereocenters. The van der Waals surface area contributed by atoms with Gasteiger partial charge in [0.2, 0.25) is 5.91 Å². The smallest absolute Gasteiger partial charge is 0.220 e. The molecule has 0 aliphatic rings. The molecule has 0 fully saturated rings. The zero-order chi connectivity index (χ0) is 10.8. The molecular weight excluding hydrogens is 174 g/mol. The maximum Gasteiger partial charge on any atom is 0.220 e. The number of hydrogen-bond donors (Lipinski definition) is 1. The minimum atomic E-state index is 0.0381. The highest BCUT2D eigenvalue weighted by atomic mass is 16.1. The molecule has 0 saturated heterocycles. The number of allylic oxidation sites excluding steroid dienone is 2. The first-order valence-corrected chi connectivity index (χ1v) is 5.37. The SMILES string of the molecule is [CH2]NC(=O)CCCCC=CCC(C)C. The van der Waals surface area contributed by atoms with Crippen molar-refractivity contribution in [1.82, 2.24) is 5.32 Å². The molecule has 0 heterocycles. The zero-order valence-electron chi connectivity index (χ0n) is 9.38. The van der Waals surface area contributed by atoms with Gasteiger partial charge < -0.3 is 5.32 Å². The van der Waals surface area contributed by atoms with Gasteiger partial charge in [0.25, 0.3) is 0 Å². The van der Waals surface area contributed by atoms with E-state index in [0.717, 1.165) is 31.6 Å². The van der Waals surface area contributed by atoms with E-state index in [0.29, 0.717) is 6.42 Å². The third-order valence-corrected chi connectivity index (χ3v) is 2.00. The van der Waals surface area contributed by atoms with Gasteiger partial charge in [-0.05, 0) is 31.6 Å². The Morgan fingerprint density at radius 1 is 1.36 bits per heavy atom. The van der Waals surface area contributed by atoms with Gasteiger partial charge in [0.15, 0.2) is 0 Å². The monoisotopic (exact) mass is 196 g/mol. The Bertz CT molecular complexity index is 173. The molecule has 14 heavy (non-hydrogen) atoms. The van der Waals surface area contributed by atoms with Crippen LogP contribution in [-0.2, 0) is 4.79 Å². The number of unbranched alkanes of at least 4 members (excludes halogenated alkanes) is 2. The summed E-state index contributed by atoms with van der Waals surface area (Å²) >= 11 is 0. The number of amides is 1. The predicted octanol–water partition coefficient (Wildman–Crippen LogP) is 3.06. The topological polar surface area (TPSA) is 29.1 Å². The van der Waals surface area contributed by atoms with Crippen molar-refractivity contribution in [3.8, 4) is 0 Å². The second kappa shape index (κ2) is 8.79. The van der Waals surface area contributed by atoms with E-state index in [2.05, 4.69) is 38.4 Å². The fourth-order valence-corrected chi connectivity index (χ4v) is 1.12. The molecule has 0 bridgehead atoms. The Hall–Kier alpha value is -0.790. The fraction of sp³-hybridized carbons (Fsp3) is 0.667. The van der Waals surface area contributed by atoms with Gasteiger partial charge in [-0.1, -0.05) is 26.0 Å². The van der Waals surface area contributed by atoms with Gasteiger partial charge in [0.05, 0.1) is 0 Å². The van der Waals surface area contributed by atoms with Crippen LogP contribution >= 0.6 is 0 Å². The molecule has 0 aromatic heterocycles. The van der Waals surface area contributed by atoms with Crippen LogP contribution in [0.4, 0.5) is 0 Å². The Balaban J connectivity index is 3.21. The highest BCUT2D eigenvalue weighted by Gasteiger charge is 1.95. The summed E-state index contributed by atoms with van der Waals surface area (Å²) in [5.41, 5.74) is 0. The van der Waals surface area contributed by atoms with Crippen LogP contribution in [0.3, 0.4) is 0 Å². The summed E-state index contributed by atoms with van der Waals surface area (Å²) in [5, 5.41) is 2.38. The number of hydrogen-bond acceptors (Lipinski definition) is 1. The summed E-state index contributed by atoms with van der Waals surface area (Å²) in [5.74, 6) is 0.777. The third kappa shape index (κ3) is 9.30. The van der Waals surface area contributed by atoms with E-state index < -0.39 is 0 Å². The molecule has 81 valence electrons. The highest BCUT2D eigenvalue weighted by Crippen LogP contribution is 2.04. The molecule has 0 rings (SSSR count). The lowest BCUT2D eigenvalue weighted by Crippen LogP contribution is -2.14. The quantitative estimate of drug-likeness (QED) is 0.492. The number of nitrogens with one attached hydrogen (secondary N) is 1. The molecule has 0 aliphatic carbocycles. The van der Waals surface area contributed by atoms with Crippen LogP contribution in [0.5, 0.6) is 0 Å². The molecule has 1 amide bonds.